The van der Waals surface area contributed by atoms with Crippen LogP contribution >= 0.6 is 10.7 Å². The van der Waals surface area contributed by atoms with Crippen molar-refractivity contribution in [1.82, 2.24) is 5.32 Å². The molecule has 1 aromatic carbocycles. The maximum atomic E-state index is 11.6. The van der Waals surface area contributed by atoms with Crippen molar-refractivity contribution < 1.29 is 17.9 Å². The summed E-state index contributed by atoms with van der Waals surface area (Å²) in [6.45, 7) is 4.01. The van der Waals surface area contributed by atoms with Gasteiger partial charge in [0.2, 0.25) is 0 Å². The predicted octanol–water partition coefficient (Wildman–Crippen LogP) is 2.14. The van der Waals surface area contributed by atoms with Crippen LogP contribution in [0.1, 0.15) is 24.0 Å². The van der Waals surface area contributed by atoms with Gasteiger partial charge in [0.25, 0.3) is 15.0 Å². The van der Waals surface area contributed by atoms with Crippen molar-refractivity contribution >= 4 is 25.6 Å². The molecule has 21 heavy (non-hydrogen) atoms. The fourth-order valence-corrected chi connectivity index (χ4v) is 3.22. The van der Waals surface area contributed by atoms with E-state index in [1.165, 1.54) is 25.0 Å². The van der Waals surface area contributed by atoms with Gasteiger partial charge in [-0.15, -0.1) is 0 Å². The minimum atomic E-state index is -3.78. The molecule has 7 heteroatoms. The number of rotatable bonds is 6. The number of benzene rings is 1. The molecule has 0 aromatic heterocycles. The van der Waals surface area contributed by atoms with Gasteiger partial charge in [-0.25, -0.2) is 8.42 Å². The van der Waals surface area contributed by atoms with Crippen LogP contribution in [0, 0.1) is 19.8 Å². The first kappa shape index (κ1) is 16.1. The average molecular weight is 332 g/mol. The van der Waals surface area contributed by atoms with E-state index in [0.29, 0.717) is 29.3 Å². The largest absolute Gasteiger partial charge is 0.483 e. The van der Waals surface area contributed by atoms with Gasteiger partial charge >= 0.3 is 0 Å². The van der Waals surface area contributed by atoms with Crippen LogP contribution in [0.5, 0.6) is 5.75 Å². The normalized spacial score (nSPS) is 14.8. The quantitative estimate of drug-likeness (QED) is 0.811. The van der Waals surface area contributed by atoms with Gasteiger partial charge < -0.3 is 10.1 Å². The zero-order chi connectivity index (χ0) is 15.6. The first-order valence-electron chi connectivity index (χ1n) is 6.73. The Morgan fingerprint density at radius 3 is 2.57 bits per heavy atom. The molecule has 2 rings (SSSR count). The van der Waals surface area contributed by atoms with Crippen molar-refractivity contribution in [1.29, 1.82) is 0 Å². The van der Waals surface area contributed by atoms with Crippen LogP contribution in [-0.4, -0.2) is 27.5 Å². The molecule has 1 aromatic rings. The van der Waals surface area contributed by atoms with Crippen molar-refractivity contribution in [3.63, 3.8) is 0 Å². The van der Waals surface area contributed by atoms with Crippen LogP contribution in [-0.2, 0) is 13.8 Å². The lowest BCUT2D eigenvalue weighted by Crippen LogP contribution is -2.30. The Morgan fingerprint density at radius 1 is 1.33 bits per heavy atom. The van der Waals surface area contributed by atoms with Gasteiger partial charge in [0.15, 0.2) is 6.61 Å². The minimum Gasteiger partial charge on any atom is -0.483 e. The molecule has 0 atom stereocenters. The Kier molecular flexibility index (Phi) is 4.78. The van der Waals surface area contributed by atoms with Gasteiger partial charge in [-0.05, 0) is 55.9 Å². The summed E-state index contributed by atoms with van der Waals surface area (Å²) in [5.41, 5.74) is 1.19. The van der Waals surface area contributed by atoms with Gasteiger partial charge in [0.05, 0.1) is 4.90 Å². The fourth-order valence-electron chi connectivity index (χ4n) is 1.97. The Morgan fingerprint density at radius 2 is 2.00 bits per heavy atom. The van der Waals surface area contributed by atoms with Gasteiger partial charge in [-0.3, -0.25) is 4.79 Å². The molecule has 1 saturated carbocycles. The molecule has 1 N–H and O–H groups in total. The van der Waals surface area contributed by atoms with Crippen LogP contribution in [0.2, 0.25) is 0 Å². The third kappa shape index (κ3) is 4.35. The molecule has 1 aliphatic carbocycles. The highest BCUT2D eigenvalue weighted by molar-refractivity contribution is 8.13. The maximum absolute atomic E-state index is 11.6. The molecule has 0 aliphatic heterocycles. The fraction of sp³-hybridized carbons (Fsp3) is 0.500. The van der Waals surface area contributed by atoms with Crippen molar-refractivity contribution in [2.75, 3.05) is 13.2 Å². The SMILES string of the molecule is Cc1c(OCC(=O)NCC2CC2)ccc(S(=O)(=O)Cl)c1C. The van der Waals surface area contributed by atoms with Gasteiger partial charge in [0, 0.05) is 17.2 Å². The number of ether oxygens (including phenoxy) is 1. The molecule has 0 saturated heterocycles. The molecule has 0 radical (unpaired) electrons. The maximum Gasteiger partial charge on any atom is 0.261 e. The van der Waals surface area contributed by atoms with Crippen LogP contribution in [0.15, 0.2) is 17.0 Å². The second-order valence-corrected chi connectivity index (χ2v) is 7.82. The Bertz CT molecular complexity index is 653. The minimum absolute atomic E-state index is 0.0622. The smallest absolute Gasteiger partial charge is 0.261 e. The van der Waals surface area contributed by atoms with Crippen molar-refractivity contribution in [3.8, 4) is 5.75 Å². The predicted molar refractivity (Wildman–Crippen MR) is 80.2 cm³/mol. The van der Waals surface area contributed by atoms with Crippen LogP contribution in [0.25, 0.3) is 0 Å². The lowest BCUT2D eigenvalue weighted by Gasteiger charge is -2.13. The average Bonchev–Trinajstić information content (AvgIpc) is 3.20. The molecule has 1 amide bonds. The highest BCUT2D eigenvalue weighted by Gasteiger charge is 2.22. The number of hydrogen-bond acceptors (Lipinski definition) is 4. The zero-order valence-electron chi connectivity index (χ0n) is 12.0. The van der Waals surface area contributed by atoms with Crippen LogP contribution < -0.4 is 10.1 Å². The third-order valence-corrected chi connectivity index (χ3v) is 5.06. The van der Waals surface area contributed by atoms with Crippen molar-refractivity contribution in [2.45, 2.75) is 31.6 Å². The topological polar surface area (TPSA) is 72.5 Å². The summed E-state index contributed by atoms with van der Waals surface area (Å²) >= 11 is 0. The van der Waals surface area contributed by atoms with Crippen molar-refractivity contribution in [3.05, 3.63) is 23.3 Å². The zero-order valence-corrected chi connectivity index (χ0v) is 13.6. The van der Waals surface area contributed by atoms with Crippen LogP contribution in [0.3, 0.4) is 0 Å². The van der Waals surface area contributed by atoms with E-state index in [-0.39, 0.29) is 17.4 Å². The number of amides is 1. The molecular weight excluding hydrogens is 314 g/mol. The lowest BCUT2D eigenvalue weighted by atomic mass is 10.1. The van der Waals surface area contributed by atoms with Crippen LogP contribution in [0.4, 0.5) is 0 Å². The van der Waals surface area contributed by atoms with E-state index in [9.17, 15) is 13.2 Å². The second-order valence-electron chi connectivity index (χ2n) is 5.29. The molecule has 1 fully saturated rings. The van der Waals surface area contributed by atoms with E-state index in [4.69, 9.17) is 15.4 Å². The molecule has 0 bridgehead atoms. The van der Waals surface area contributed by atoms with E-state index in [1.54, 1.807) is 13.8 Å². The summed E-state index contributed by atoms with van der Waals surface area (Å²) in [5, 5.41) is 2.80. The molecule has 5 nitrogen and oxygen atoms in total. The van der Waals surface area contributed by atoms with Gasteiger partial charge in [-0.1, -0.05) is 0 Å². The Hall–Kier alpha value is -1.27. The number of carbonyl (C=O) groups excluding carboxylic acids is 1. The summed E-state index contributed by atoms with van der Waals surface area (Å²) in [6, 6.07) is 2.91. The second kappa shape index (κ2) is 6.23. The summed E-state index contributed by atoms with van der Waals surface area (Å²) in [4.78, 5) is 11.7. The summed E-state index contributed by atoms with van der Waals surface area (Å²) in [5.74, 6) is 0.928. The first-order valence-corrected chi connectivity index (χ1v) is 9.04. The highest BCUT2D eigenvalue weighted by atomic mass is 35.7. The summed E-state index contributed by atoms with van der Waals surface area (Å²) in [6.07, 6.45) is 2.35. The number of hydrogen-bond donors (Lipinski definition) is 1. The van der Waals surface area contributed by atoms with E-state index in [0.717, 1.165) is 0 Å². The first-order chi connectivity index (χ1) is 9.79. The summed E-state index contributed by atoms with van der Waals surface area (Å²) in [7, 11) is 1.58. The van der Waals surface area contributed by atoms with Gasteiger partial charge in [-0.2, -0.15) is 0 Å². The molecule has 0 unspecified atom stereocenters. The van der Waals surface area contributed by atoms with E-state index >= 15 is 0 Å². The highest BCUT2D eigenvalue weighted by Crippen LogP contribution is 2.29. The van der Waals surface area contributed by atoms with E-state index in [1.807, 2.05) is 0 Å². The van der Waals surface area contributed by atoms with Gasteiger partial charge in [0.1, 0.15) is 5.75 Å². The standard InChI is InChI=1S/C14H18ClNO4S/c1-9-10(2)13(21(15,18)19)6-5-12(9)20-8-14(17)16-7-11-3-4-11/h5-6,11H,3-4,7-8H2,1-2H3,(H,16,17). The monoisotopic (exact) mass is 331 g/mol. The lowest BCUT2D eigenvalue weighted by molar-refractivity contribution is -0.123. The number of halogens is 1. The summed E-state index contributed by atoms with van der Waals surface area (Å²) < 4.78 is 28.2. The number of carbonyl (C=O) groups is 1. The third-order valence-electron chi connectivity index (χ3n) is 3.59. The van der Waals surface area contributed by atoms with E-state index < -0.39 is 9.05 Å². The molecule has 0 spiro atoms. The molecule has 0 heterocycles. The molecule has 1 aliphatic rings. The van der Waals surface area contributed by atoms with Crippen molar-refractivity contribution in [2.24, 2.45) is 5.92 Å². The molecular formula is C14H18ClNO4S. The molecule has 116 valence electrons. The Balaban J connectivity index is 2.00. The Labute approximate surface area is 129 Å². The number of nitrogens with one attached hydrogen (secondary N) is 1. The van der Waals surface area contributed by atoms with E-state index in [2.05, 4.69) is 5.32 Å².